The van der Waals surface area contributed by atoms with E-state index in [4.69, 9.17) is 4.74 Å². The minimum atomic E-state index is -0.211. The molecule has 1 aromatic rings. The van der Waals surface area contributed by atoms with E-state index in [1.54, 1.807) is 12.1 Å². The fraction of sp³-hybridized carbons (Fsp3) is 0.500. The Morgan fingerprint density at radius 2 is 2.06 bits per heavy atom. The van der Waals surface area contributed by atoms with Crippen molar-refractivity contribution in [3.05, 3.63) is 35.9 Å². The van der Waals surface area contributed by atoms with Gasteiger partial charge in [-0.15, -0.1) is 0 Å². The van der Waals surface area contributed by atoms with E-state index in [1.165, 1.54) is 13.0 Å². The average molecular weight is 234 g/mol. The molecule has 0 amide bonds. The minimum absolute atomic E-state index is 0.211. The number of rotatable bonds is 3. The number of nitrogens with zero attached hydrogens (tertiary/aromatic N) is 1. The Hall–Kier alpha value is -1.35. The molecule has 3 nitrogen and oxygen atoms in total. The van der Waals surface area contributed by atoms with Crippen LogP contribution in [0.25, 0.3) is 0 Å². The molecule has 3 heteroatoms. The van der Waals surface area contributed by atoms with Gasteiger partial charge >= 0.3 is 5.97 Å². The van der Waals surface area contributed by atoms with Gasteiger partial charge in [0.05, 0.1) is 26.2 Å². The number of esters is 1. The number of likely N-dealkylation sites (tertiary alicyclic amines) is 1. The summed E-state index contributed by atoms with van der Waals surface area (Å²) in [6.45, 7) is 1.70. The Bertz CT molecular complexity index is 386. The number of likely N-dealkylation sites (N-methyl/N-ethyl adjacent to an activating group) is 1. The zero-order valence-electron chi connectivity index (χ0n) is 10.6. The summed E-state index contributed by atoms with van der Waals surface area (Å²) in [5.74, 6) is -0.211. The third-order valence-corrected chi connectivity index (χ3v) is 3.68. The second kappa shape index (κ2) is 4.88. The Balaban J connectivity index is 1.89. The van der Waals surface area contributed by atoms with Crippen molar-refractivity contribution < 1.29 is 14.0 Å². The molecule has 1 aliphatic rings. The first kappa shape index (κ1) is 12.1. The van der Waals surface area contributed by atoms with E-state index in [0.717, 1.165) is 10.9 Å². The maximum Gasteiger partial charge on any atom is 0.338 e. The molecule has 1 aromatic carbocycles. The van der Waals surface area contributed by atoms with Crippen LogP contribution in [0.5, 0.6) is 0 Å². The van der Waals surface area contributed by atoms with Crippen LogP contribution in [-0.2, 0) is 4.74 Å². The molecule has 0 radical (unpaired) electrons. The highest BCUT2D eigenvalue weighted by molar-refractivity contribution is 5.89. The lowest BCUT2D eigenvalue weighted by Gasteiger charge is -2.31. The molecule has 1 aliphatic heterocycles. The molecule has 2 rings (SSSR count). The van der Waals surface area contributed by atoms with Gasteiger partial charge in [-0.25, -0.2) is 4.79 Å². The van der Waals surface area contributed by atoms with Crippen LogP contribution in [0.15, 0.2) is 30.3 Å². The predicted octanol–water partition coefficient (Wildman–Crippen LogP) is 2.08. The summed E-state index contributed by atoms with van der Waals surface area (Å²) >= 11 is 0. The zero-order chi connectivity index (χ0) is 12.3. The van der Waals surface area contributed by atoms with Gasteiger partial charge in [-0.05, 0) is 12.1 Å². The van der Waals surface area contributed by atoms with Gasteiger partial charge < -0.3 is 9.22 Å². The van der Waals surface area contributed by atoms with Crippen molar-refractivity contribution in [1.82, 2.24) is 0 Å². The highest BCUT2D eigenvalue weighted by atomic mass is 16.5. The second-order valence-electron chi connectivity index (χ2n) is 5.26. The van der Waals surface area contributed by atoms with Crippen molar-refractivity contribution in [2.24, 2.45) is 0 Å². The van der Waals surface area contributed by atoms with Crippen molar-refractivity contribution >= 4 is 5.97 Å². The van der Waals surface area contributed by atoms with Gasteiger partial charge in [0.2, 0.25) is 0 Å². The summed E-state index contributed by atoms with van der Waals surface area (Å²) in [6, 6.07) is 9.63. The quantitative estimate of drug-likeness (QED) is 0.591. The second-order valence-corrected chi connectivity index (χ2v) is 5.26. The molecule has 0 aromatic heterocycles. The molecule has 1 heterocycles. The molecule has 17 heavy (non-hydrogen) atoms. The van der Waals surface area contributed by atoms with E-state index in [0.29, 0.717) is 18.2 Å². The number of benzene rings is 1. The van der Waals surface area contributed by atoms with Crippen molar-refractivity contribution in [3.63, 3.8) is 0 Å². The summed E-state index contributed by atoms with van der Waals surface area (Å²) in [5, 5.41) is 0. The van der Waals surface area contributed by atoms with Gasteiger partial charge in [-0.2, -0.15) is 0 Å². The number of carbonyl (C=O) groups is 1. The molecule has 1 saturated heterocycles. The van der Waals surface area contributed by atoms with Crippen LogP contribution in [0.2, 0.25) is 0 Å². The third-order valence-electron chi connectivity index (χ3n) is 3.68. The topological polar surface area (TPSA) is 26.3 Å². The molecule has 1 atom stereocenters. The van der Waals surface area contributed by atoms with Crippen LogP contribution in [0.1, 0.15) is 23.2 Å². The largest absolute Gasteiger partial charge is 0.456 e. The molecule has 0 bridgehead atoms. The first-order valence-electron chi connectivity index (χ1n) is 6.14. The van der Waals surface area contributed by atoms with Gasteiger partial charge in [0, 0.05) is 12.8 Å². The smallest absolute Gasteiger partial charge is 0.338 e. The van der Waals surface area contributed by atoms with Crippen LogP contribution in [0.4, 0.5) is 0 Å². The first-order valence-corrected chi connectivity index (χ1v) is 6.14. The lowest BCUT2D eigenvalue weighted by atomic mass is 10.2. The van der Waals surface area contributed by atoms with E-state index in [-0.39, 0.29) is 5.97 Å². The van der Waals surface area contributed by atoms with Crippen molar-refractivity contribution in [3.8, 4) is 0 Å². The molecule has 0 spiro atoms. The standard InChI is InChI=1S/C14H20NO2/c1-15(2)10-6-9-13(15)11-17-14(16)12-7-4-3-5-8-12/h3-5,7-8,13H,6,9-11H2,1-2H3/q+1. The Morgan fingerprint density at radius 1 is 1.35 bits per heavy atom. The highest BCUT2D eigenvalue weighted by Gasteiger charge is 2.34. The van der Waals surface area contributed by atoms with Crippen molar-refractivity contribution in [2.75, 3.05) is 27.2 Å². The molecule has 0 aliphatic carbocycles. The summed E-state index contributed by atoms with van der Waals surface area (Å²) < 4.78 is 6.35. The van der Waals surface area contributed by atoms with E-state index in [2.05, 4.69) is 14.1 Å². The van der Waals surface area contributed by atoms with Gasteiger partial charge in [0.25, 0.3) is 0 Å². The molecule has 1 fully saturated rings. The van der Waals surface area contributed by atoms with E-state index >= 15 is 0 Å². The maximum absolute atomic E-state index is 11.8. The van der Waals surface area contributed by atoms with E-state index in [1.807, 2.05) is 18.2 Å². The van der Waals surface area contributed by atoms with Crippen LogP contribution in [0.3, 0.4) is 0 Å². The molecular weight excluding hydrogens is 214 g/mol. The zero-order valence-corrected chi connectivity index (χ0v) is 10.6. The first-order chi connectivity index (χ1) is 8.09. The highest BCUT2D eigenvalue weighted by Crippen LogP contribution is 2.22. The fourth-order valence-electron chi connectivity index (χ4n) is 2.38. The Kier molecular flexibility index (Phi) is 3.48. The maximum atomic E-state index is 11.8. The predicted molar refractivity (Wildman–Crippen MR) is 66.7 cm³/mol. The fourth-order valence-corrected chi connectivity index (χ4v) is 2.38. The number of ether oxygens (including phenoxy) is 1. The van der Waals surface area contributed by atoms with Crippen LogP contribution in [-0.4, -0.2) is 43.7 Å². The third kappa shape index (κ3) is 2.86. The summed E-state index contributed by atoms with van der Waals surface area (Å²) in [4.78, 5) is 11.8. The number of hydrogen-bond acceptors (Lipinski definition) is 2. The molecule has 0 saturated carbocycles. The number of carbonyl (C=O) groups excluding carboxylic acids is 1. The summed E-state index contributed by atoms with van der Waals surface area (Å²) in [6.07, 6.45) is 2.37. The minimum Gasteiger partial charge on any atom is -0.456 e. The molecular formula is C14H20NO2+. The van der Waals surface area contributed by atoms with Gasteiger partial charge in [0.15, 0.2) is 0 Å². The number of hydrogen-bond donors (Lipinski definition) is 0. The summed E-state index contributed by atoms with van der Waals surface area (Å²) in [7, 11) is 4.40. The monoisotopic (exact) mass is 234 g/mol. The van der Waals surface area contributed by atoms with Crippen LogP contribution in [0, 0.1) is 0 Å². The SMILES string of the molecule is C[N+]1(C)CCCC1COC(=O)c1ccccc1. The Labute approximate surface area is 103 Å². The summed E-state index contributed by atoms with van der Waals surface area (Å²) in [5.41, 5.74) is 0.635. The van der Waals surface area contributed by atoms with Gasteiger partial charge in [0.1, 0.15) is 12.6 Å². The van der Waals surface area contributed by atoms with Gasteiger partial charge in [-0.3, -0.25) is 0 Å². The normalized spacial score (nSPS) is 22.4. The Morgan fingerprint density at radius 3 is 2.65 bits per heavy atom. The van der Waals surface area contributed by atoms with Crippen LogP contribution < -0.4 is 0 Å². The average Bonchev–Trinajstić information content (AvgIpc) is 2.66. The lowest BCUT2D eigenvalue weighted by molar-refractivity contribution is -0.902. The molecule has 0 N–H and O–H groups in total. The van der Waals surface area contributed by atoms with E-state index < -0.39 is 0 Å². The van der Waals surface area contributed by atoms with E-state index in [9.17, 15) is 4.79 Å². The lowest BCUT2D eigenvalue weighted by Crippen LogP contribution is -2.46. The number of quaternary nitrogens is 1. The van der Waals surface area contributed by atoms with Gasteiger partial charge in [-0.1, -0.05) is 18.2 Å². The van der Waals surface area contributed by atoms with Crippen molar-refractivity contribution in [1.29, 1.82) is 0 Å². The van der Waals surface area contributed by atoms with Crippen molar-refractivity contribution in [2.45, 2.75) is 18.9 Å². The molecule has 92 valence electrons. The van der Waals surface area contributed by atoms with Crippen LogP contribution >= 0.6 is 0 Å². The molecule has 1 unspecified atom stereocenters.